The lowest BCUT2D eigenvalue weighted by atomic mass is 9.57. The van der Waals surface area contributed by atoms with Crippen molar-refractivity contribution in [3.05, 3.63) is 40.2 Å². The second kappa shape index (κ2) is 8.39. The number of nitrogens with two attached hydrogens (primary N) is 1. The van der Waals surface area contributed by atoms with Crippen molar-refractivity contribution in [3.8, 4) is 5.75 Å². The smallest absolute Gasteiger partial charge is 0.255 e. The number of fused-ring (bicyclic) bond motifs is 3. The van der Waals surface area contributed by atoms with Crippen LogP contribution in [0.25, 0.3) is 5.76 Å². The molecule has 0 aromatic heterocycles. The Morgan fingerprint density at radius 1 is 1.20 bits per heavy atom. The summed E-state index contributed by atoms with van der Waals surface area (Å²) in [5, 5.41) is 34.0. The van der Waals surface area contributed by atoms with Crippen LogP contribution in [0.3, 0.4) is 0 Å². The number of ketones is 2. The van der Waals surface area contributed by atoms with Gasteiger partial charge >= 0.3 is 0 Å². The summed E-state index contributed by atoms with van der Waals surface area (Å²) in [4.78, 5) is 42.5. The number of carbonyl (C=O) groups excluding carboxylic acids is 3. The van der Waals surface area contributed by atoms with Gasteiger partial charge in [0.05, 0.1) is 18.2 Å². The molecule has 0 bridgehead atoms. The lowest BCUT2D eigenvalue weighted by molar-refractivity contribution is -0.153. The van der Waals surface area contributed by atoms with Crippen LogP contribution in [0, 0.1) is 11.8 Å². The number of aliphatic hydroxyl groups excluding tert-OH is 2. The van der Waals surface area contributed by atoms with Gasteiger partial charge in [0.25, 0.3) is 5.91 Å². The molecule has 4 rings (SSSR count). The van der Waals surface area contributed by atoms with Gasteiger partial charge < -0.3 is 30.7 Å². The number of nitrogens with zero attached hydrogens (tertiary/aromatic N) is 2. The summed E-state index contributed by atoms with van der Waals surface area (Å²) in [6, 6.07) is 2.52. The lowest BCUT2D eigenvalue weighted by Crippen LogP contribution is -2.65. The summed E-state index contributed by atoms with van der Waals surface area (Å²) in [5.41, 5.74) is 3.89. The Labute approximate surface area is 203 Å². The van der Waals surface area contributed by atoms with Crippen LogP contribution in [0.2, 0.25) is 0 Å². The van der Waals surface area contributed by atoms with Crippen molar-refractivity contribution in [2.45, 2.75) is 31.4 Å². The Hall–Kier alpha value is -3.37. The second-order valence-electron chi connectivity index (χ2n) is 9.73. The highest BCUT2D eigenvalue weighted by Crippen LogP contribution is 2.53. The Balaban J connectivity index is 1.99. The monoisotopic (exact) mass is 485 g/mol. The average Bonchev–Trinajstić information content (AvgIpc) is 2.75. The second-order valence-corrected chi connectivity index (χ2v) is 9.73. The minimum absolute atomic E-state index is 0.0599. The Morgan fingerprint density at radius 2 is 1.86 bits per heavy atom. The summed E-state index contributed by atoms with van der Waals surface area (Å²) < 4.78 is 5.73. The summed E-state index contributed by atoms with van der Waals surface area (Å²) in [6.07, 6.45) is 0.459. The fourth-order valence-corrected chi connectivity index (χ4v) is 5.91. The van der Waals surface area contributed by atoms with Gasteiger partial charge in [0.2, 0.25) is 5.78 Å². The Morgan fingerprint density at radius 3 is 2.40 bits per heavy atom. The highest BCUT2D eigenvalue weighted by molar-refractivity contribution is 6.24. The molecule has 1 saturated carbocycles. The van der Waals surface area contributed by atoms with Crippen LogP contribution in [0.5, 0.6) is 5.75 Å². The van der Waals surface area contributed by atoms with Crippen molar-refractivity contribution in [1.82, 2.24) is 4.90 Å². The Bertz CT molecular complexity index is 1200. The van der Waals surface area contributed by atoms with E-state index in [1.807, 2.05) is 25.1 Å². The predicted octanol–water partition coefficient (Wildman–Crippen LogP) is 0.723. The molecular formula is C25H31N3O7. The zero-order chi connectivity index (χ0) is 26.0. The maximum Gasteiger partial charge on any atom is 0.255 e. The third-order valence-corrected chi connectivity index (χ3v) is 7.34. The van der Waals surface area contributed by atoms with E-state index >= 15 is 0 Å². The van der Waals surface area contributed by atoms with Gasteiger partial charge in [-0.1, -0.05) is 0 Å². The summed E-state index contributed by atoms with van der Waals surface area (Å²) in [6.45, 7) is 2.13. The predicted molar refractivity (Wildman–Crippen MR) is 128 cm³/mol. The normalized spacial score (nSPS) is 28.0. The molecule has 0 aliphatic heterocycles. The van der Waals surface area contributed by atoms with Crippen molar-refractivity contribution >= 4 is 28.9 Å². The molecule has 0 heterocycles. The molecular weight excluding hydrogens is 454 g/mol. The highest BCUT2D eigenvalue weighted by atomic mass is 16.5. The molecule has 1 aromatic carbocycles. The fourth-order valence-electron chi connectivity index (χ4n) is 5.91. The average molecular weight is 486 g/mol. The maximum atomic E-state index is 13.9. The molecule has 0 spiro atoms. The first-order chi connectivity index (χ1) is 16.4. The molecule has 0 saturated heterocycles. The third-order valence-electron chi connectivity index (χ3n) is 7.34. The molecule has 10 heteroatoms. The number of likely N-dealkylation sites (N-methyl/N-ethyl adjacent to an activating group) is 1. The molecule has 188 valence electrons. The van der Waals surface area contributed by atoms with E-state index in [9.17, 15) is 29.7 Å². The number of primary amides is 1. The van der Waals surface area contributed by atoms with E-state index in [-0.39, 0.29) is 17.8 Å². The van der Waals surface area contributed by atoms with Crippen LogP contribution in [0.1, 0.15) is 24.5 Å². The fraction of sp³-hybridized carbons (Fsp3) is 0.480. The number of aliphatic hydroxyl groups is 3. The van der Waals surface area contributed by atoms with Gasteiger partial charge in [-0.25, -0.2) is 0 Å². The minimum Gasteiger partial charge on any atom is -0.508 e. The summed E-state index contributed by atoms with van der Waals surface area (Å²) in [5.74, 6) is -5.52. The number of hydrogen-bond donors (Lipinski definition) is 4. The highest BCUT2D eigenvalue weighted by Gasteiger charge is 2.64. The van der Waals surface area contributed by atoms with E-state index in [0.717, 1.165) is 11.3 Å². The van der Waals surface area contributed by atoms with Gasteiger partial charge in [-0.05, 0) is 57.5 Å². The Kier molecular flexibility index (Phi) is 5.93. The zero-order valence-corrected chi connectivity index (χ0v) is 20.5. The number of amides is 1. The number of anilines is 1. The standard InChI is InChI=1S/C25H31N3O7/c1-6-35-15-8-7-14(27(2)3)12-9-11-10-13-19(28(4)5)21(30)18(24(26)33)23(32)25(13,34)22(31)16(11)20(29)17(12)15/h7-8,11,13,19,29,32,34H,6,9-10H2,1-5H3,(H2,26,33)/t11-,13-,19?,25-/m0/s1. The van der Waals surface area contributed by atoms with E-state index < -0.39 is 52.3 Å². The van der Waals surface area contributed by atoms with Crippen LogP contribution in [-0.2, 0) is 20.8 Å². The molecule has 5 N–H and O–H groups in total. The molecule has 35 heavy (non-hydrogen) atoms. The quantitative estimate of drug-likeness (QED) is 0.442. The molecule has 3 aliphatic rings. The maximum absolute atomic E-state index is 13.9. The van der Waals surface area contributed by atoms with Crippen molar-refractivity contribution in [2.75, 3.05) is 39.7 Å². The number of Topliss-reactive ketones (excluding diaryl/α,β-unsaturated/α-hetero) is 2. The van der Waals surface area contributed by atoms with Gasteiger partial charge in [-0.15, -0.1) is 0 Å². The number of benzene rings is 1. The minimum atomic E-state index is -2.59. The first-order valence-electron chi connectivity index (χ1n) is 11.5. The molecule has 1 fully saturated rings. The summed E-state index contributed by atoms with van der Waals surface area (Å²) >= 11 is 0. The van der Waals surface area contributed by atoms with E-state index in [0.29, 0.717) is 24.3 Å². The SMILES string of the molecule is CCOc1ccc(N(C)C)c2c1C(O)=C1C(=O)[C@]3(O)C(O)=C(C(N)=O)C(=O)C(N(C)C)[C@@H]3C[C@@H]1C2. The van der Waals surface area contributed by atoms with Crippen LogP contribution in [-0.4, -0.2) is 84.1 Å². The van der Waals surface area contributed by atoms with Crippen molar-refractivity contribution in [3.63, 3.8) is 0 Å². The topological polar surface area (TPSA) is 154 Å². The molecule has 1 amide bonds. The molecule has 10 nitrogen and oxygen atoms in total. The molecule has 0 radical (unpaired) electrons. The van der Waals surface area contributed by atoms with Crippen LogP contribution in [0.15, 0.2) is 29.0 Å². The van der Waals surface area contributed by atoms with E-state index in [4.69, 9.17) is 10.5 Å². The molecule has 1 aromatic rings. The van der Waals surface area contributed by atoms with Crippen molar-refractivity contribution < 1.29 is 34.4 Å². The summed E-state index contributed by atoms with van der Waals surface area (Å²) in [7, 11) is 6.91. The van der Waals surface area contributed by atoms with Gasteiger partial charge in [0.15, 0.2) is 11.4 Å². The van der Waals surface area contributed by atoms with Crippen LogP contribution >= 0.6 is 0 Å². The molecule has 3 aliphatic carbocycles. The molecule has 4 atom stereocenters. The van der Waals surface area contributed by atoms with Gasteiger partial charge in [0.1, 0.15) is 22.8 Å². The third kappa shape index (κ3) is 3.35. The van der Waals surface area contributed by atoms with Crippen molar-refractivity contribution in [2.24, 2.45) is 17.6 Å². The first kappa shape index (κ1) is 24.7. The van der Waals surface area contributed by atoms with Gasteiger partial charge in [-0.2, -0.15) is 0 Å². The zero-order valence-electron chi connectivity index (χ0n) is 20.5. The van der Waals surface area contributed by atoms with Gasteiger partial charge in [-0.3, -0.25) is 19.3 Å². The number of ether oxygens (including phenoxy) is 1. The largest absolute Gasteiger partial charge is 0.508 e. The van der Waals surface area contributed by atoms with Crippen LogP contribution < -0.4 is 15.4 Å². The van der Waals surface area contributed by atoms with E-state index in [2.05, 4.69) is 0 Å². The van der Waals surface area contributed by atoms with Crippen molar-refractivity contribution in [1.29, 1.82) is 0 Å². The molecule has 1 unspecified atom stereocenters. The van der Waals surface area contributed by atoms with Gasteiger partial charge in [0, 0.05) is 31.3 Å². The number of hydrogen-bond acceptors (Lipinski definition) is 9. The van der Waals surface area contributed by atoms with Crippen LogP contribution in [0.4, 0.5) is 5.69 Å². The first-order valence-corrected chi connectivity index (χ1v) is 11.5. The number of carbonyl (C=O) groups is 3. The van der Waals surface area contributed by atoms with E-state index in [1.54, 1.807) is 27.1 Å². The lowest BCUT2D eigenvalue weighted by Gasteiger charge is -2.50. The number of rotatable bonds is 5. The van der Waals surface area contributed by atoms with E-state index in [1.165, 1.54) is 4.90 Å².